The predicted molar refractivity (Wildman–Crippen MR) is 83.8 cm³/mol. The Balaban J connectivity index is 2.10. The van der Waals surface area contributed by atoms with Gasteiger partial charge in [0.05, 0.1) is 17.9 Å². The second kappa shape index (κ2) is 6.31. The number of rotatable bonds is 5. The molecule has 0 aliphatic carbocycles. The van der Waals surface area contributed by atoms with Crippen LogP contribution in [0.15, 0.2) is 58.4 Å². The van der Waals surface area contributed by atoms with Gasteiger partial charge < -0.3 is 14.4 Å². The molecule has 0 saturated heterocycles. The van der Waals surface area contributed by atoms with Crippen molar-refractivity contribution in [2.24, 2.45) is 0 Å². The zero-order valence-corrected chi connectivity index (χ0v) is 13.0. The molecule has 0 bridgehead atoms. The van der Waals surface area contributed by atoms with Gasteiger partial charge >= 0.3 is 0 Å². The summed E-state index contributed by atoms with van der Waals surface area (Å²) in [6, 6.07) is 7.78. The minimum absolute atomic E-state index is 0.0369. The Hall–Kier alpha value is -2.89. The van der Waals surface area contributed by atoms with Crippen molar-refractivity contribution in [1.82, 2.24) is 4.90 Å². The highest BCUT2D eigenvalue weighted by Crippen LogP contribution is 2.39. The number of furan rings is 1. The number of ketones is 1. The Morgan fingerprint density at radius 2 is 2.00 bits per heavy atom. The lowest BCUT2D eigenvalue weighted by atomic mass is 9.95. The Kier molecular flexibility index (Phi) is 4.20. The summed E-state index contributed by atoms with van der Waals surface area (Å²) in [4.78, 5) is 26.5. The average Bonchev–Trinajstić information content (AvgIpc) is 3.19. The average molecular weight is 329 g/mol. The Labute approximate surface area is 138 Å². The molecule has 2 heterocycles. The largest absolute Gasteiger partial charge is 0.503 e. The van der Waals surface area contributed by atoms with Gasteiger partial charge in [-0.1, -0.05) is 19.1 Å². The first kappa shape index (κ1) is 16.0. The molecule has 6 heteroatoms. The van der Waals surface area contributed by atoms with E-state index in [2.05, 4.69) is 0 Å². The highest BCUT2D eigenvalue weighted by Gasteiger charge is 2.43. The molecule has 1 aromatic heterocycles. The van der Waals surface area contributed by atoms with Crippen LogP contribution in [0.5, 0.6) is 0 Å². The van der Waals surface area contributed by atoms with E-state index in [1.54, 1.807) is 6.07 Å². The second-order valence-corrected chi connectivity index (χ2v) is 5.52. The molecule has 0 radical (unpaired) electrons. The van der Waals surface area contributed by atoms with Gasteiger partial charge in [-0.15, -0.1) is 0 Å². The van der Waals surface area contributed by atoms with Crippen LogP contribution >= 0.6 is 0 Å². The van der Waals surface area contributed by atoms with Crippen LogP contribution < -0.4 is 0 Å². The van der Waals surface area contributed by atoms with Gasteiger partial charge in [0.2, 0.25) is 5.78 Å². The van der Waals surface area contributed by atoms with E-state index in [1.165, 1.54) is 41.5 Å². The van der Waals surface area contributed by atoms with Gasteiger partial charge in [0.15, 0.2) is 11.5 Å². The predicted octanol–water partition coefficient (Wildman–Crippen LogP) is 3.41. The normalized spacial score (nSPS) is 17.7. The number of amides is 1. The number of Topliss-reactive ketones (excluding diaryl/α,β-unsaturated/α-hetero) is 1. The molecule has 5 nitrogen and oxygen atoms in total. The van der Waals surface area contributed by atoms with Crippen molar-refractivity contribution < 1.29 is 23.5 Å². The molecule has 1 amide bonds. The minimum Gasteiger partial charge on any atom is -0.503 e. The van der Waals surface area contributed by atoms with E-state index in [1.807, 2.05) is 6.92 Å². The summed E-state index contributed by atoms with van der Waals surface area (Å²) in [6.07, 6.45) is 2.00. The Bertz CT molecular complexity index is 793. The first-order valence-corrected chi connectivity index (χ1v) is 7.62. The summed E-state index contributed by atoms with van der Waals surface area (Å²) in [5.41, 5.74) is 0.507. The summed E-state index contributed by atoms with van der Waals surface area (Å²) in [6.45, 7) is 2.25. The lowest BCUT2D eigenvalue weighted by Gasteiger charge is -2.26. The molecule has 3 rings (SSSR count). The number of carbonyl (C=O) groups excluding carboxylic acids is 2. The van der Waals surface area contributed by atoms with Crippen LogP contribution in [-0.2, 0) is 4.79 Å². The van der Waals surface area contributed by atoms with E-state index in [9.17, 15) is 19.1 Å². The molecular weight excluding hydrogens is 313 g/mol. The summed E-state index contributed by atoms with van der Waals surface area (Å²) >= 11 is 0. The molecule has 1 atom stereocenters. The number of hydrogen-bond acceptors (Lipinski definition) is 4. The van der Waals surface area contributed by atoms with E-state index in [0.717, 1.165) is 0 Å². The van der Waals surface area contributed by atoms with E-state index in [-0.39, 0.29) is 11.3 Å². The molecule has 0 fully saturated rings. The smallest absolute Gasteiger partial charge is 0.290 e. The number of halogens is 1. The highest BCUT2D eigenvalue weighted by atomic mass is 19.1. The lowest BCUT2D eigenvalue weighted by Crippen LogP contribution is -2.31. The summed E-state index contributed by atoms with van der Waals surface area (Å²) in [7, 11) is 0. The third-order valence-electron chi connectivity index (χ3n) is 3.94. The summed E-state index contributed by atoms with van der Waals surface area (Å²) < 4.78 is 18.3. The molecule has 2 aromatic rings. The minimum atomic E-state index is -0.768. The van der Waals surface area contributed by atoms with E-state index < -0.39 is 29.3 Å². The van der Waals surface area contributed by atoms with Crippen LogP contribution in [0.1, 0.15) is 35.5 Å². The second-order valence-electron chi connectivity index (χ2n) is 5.52. The van der Waals surface area contributed by atoms with Crippen LogP contribution in [0.2, 0.25) is 0 Å². The number of aliphatic hydroxyl groups excluding tert-OH is 1. The van der Waals surface area contributed by atoms with Gasteiger partial charge in [-0.05, 0) is 36.2 Å². The van der Waals surface area contributed by atoms with Crippen molar-refractivity contribution in [2.75, 3.05) is 6.54 Å². The zero-order chi connectivity index (χ0) is 17.3. The maximum absolute atomic E-state index is 13.2. The highest BCUT2D eigenvalue weighted by molar-refractivity contribution is 6.14. The third-order valence-corrected chi connectivity index (χ3v) is 3.94. The maximum atomic E-state index is 13.2. The number of nitrogens with zero attached hydrogens (tertiary/aromatic N) is 1. The molecule has 1 unspecified atom stereocenters. The van der Waals surface area contributed by atoms with Crippen molar-refractivity contribution in [3.8, 4) is 0 Å². The molecular formula is C18H16FNO4. The van der Waals surface area contributed by atoms with Crippen molar-refractivity contribution in [3.05, 3.63) is 71.1 Å². The lowest BCUT2D eigenvalue weighted by molar-refractivity contribution is -0.129. The van der Waals surface area contributed by atoms with E-state index >= 15 is 0 Å². The molecule has 24 heavy (non-hydrogen) atoms. The fourth-order valence-corrected chi connectivity index (χ4v) is 2.89. The molecule has 0 saturated carbocycles. The fourth-order valence-electron chi connectivity index (χ4n) is 2.89. The number of hydrogen-bond donors (Lipinski definition) is 1. The van der Waals surface area contributed by atoms with Crippen LogP contribution in [0.25, 0.3) is 0 Å². The van der Waals surface area contributed by atoms with Gasteiger partial charge in [-0.25, -0.2) is 4.39 Å². The molecule has 124 valence electrons. The number of aliphatic hydroxyl groups is 1. The van der Waals surface area contributed by atoms with Gasteiger partial charge in [0.25, 0.3) is 5.91 Å². The number of carbonyl (C=O) groups is 2. The monoisotopic (exact) mass is 329 g/mol. The molecule has 1 aromatic carbocycles. The Morgan fingerprint density at radius 1 is 1.29 bits per heavy atom. The maximum Gasteiger partial charge on any atom is 0.290 e. The molecule has 1 aliphatic heterocycles. The van der Waals surface area contributed by atoms with Crippen LogP contribution in [-0.4, -0.2) is 28.2 Å². The SMILES string of the molecule is CCCN1C(=O)C(O)=C(C(=O)c2ccco2)C1c1ccc(F)cc1. The zero-order valence-electron chi connectivity index (χ0n) is 13.0. The van der Waals surface area contributed by atoms with Crippen LogP contribution in [0, 0.1) is 5.82 Å². The quantitative estimate of drug-likeness (QED) is 0.854. The molecule has 1 aliphatic rings. The van der Waals surface area contributed by atoms with Crippen molar-refractivity contribution in [2.45, 2.75) is 19.4 Å². The van der Waals surface area contributed by atoms with E-state index in [0.29, 0.717) is 18.5 Å². The van der Waals surface area contributed by atoms with Crippen LogP contribution in [0.3, 0.4) is 0 Å². The van der Waals surface area contributed by atoms with Gasteiger partial charge in [0, 0.05) is 6.54 Å². The van der Waals surface area contributed by atoms with Crippen molar-refractivity contribution >= 4 is 11.7 Å². The van der Waals surface area contributed by atoms with E-state index in [4.69, 9.17) is 4.42 Å². The topological polar surface area (TPSA) is 70.8 Å². The van der Waals surface area contributed by atoms with Gasteiger partial charge in [-0.3, -0.25) is 9.59 Å². The van der Waals surface area contributed by atoms with Gasteiger partial charge in [0.1, 0.15) is 5.82 Å². The van der Waals surface area contributed by atoms with Gasteiger partial charge in [-0.2, -0.15) is 0 Å². The fraction of sp³-hybridized carbons (Fsp3) is 0.222. The summed E-state index contributed by atoms with van der Waals surface area (Å²) in [5.74, 6) is -2.13. The molecule has 1 N–H and O–H groups in total. The van der Waals surface area contributed by atoms with Crippen molar-refractivity contribution in [1.29, 1.82) is 0 Å². The third kappa shape index (κ3) is 2.60. The first-order chi connectivity index (χ1) is 11.5. The van der Waals surface area contributed by atoms with Crippen LogP contribution in [0.4, 0.5) is 4.39 Å². The Morgan fingerprint density at radius 3 is 2.58 bits per heavy atom. The summed E-state index contributed by atoms with van der Waals surface area (Å²) in [5, 5.41) is 10.3. The van der Waals surface area contributed by atoms with Crippen molar-refractivity contribution in [3.63, 3.8) is 0 Å². The first-order valence-electron chi connectivity index (χ1n) is 7.62. The standard InChI is InChI=1S/C18H16FNO4/c1-2-9-20-15(11-5-7-12(19)8-6-11)14(17(22)18(20)23)16(21)13-4-3-10-24-13/h3-8,10,15,22H,2,9H2,1H3. The number of benzene rings is 1. The molecule has 0 spiro atoms.